The van der Waals surface area contributed by atoms with Gasteiger partial charge in [0, 0.05) is 6.42 Å². The number of unbranched alkanes of at least 4 members (excludes halogenated alkanes) is 28. The highest BCUT2D eigenvalue weighted by atomic mass is 16.5. The lowest BCUT2D eigenvalue weighted by Gasteiger charge is -2.24. The predicted molar refractivity (Wildman–Crippen MR) is 268 cm³/mol. The maximum Gasteiger partial charge on any atom is 0.306 e. The minimum atomic E-state index is -0.800. The van der Waals surface area contributed by atoms with Crippen molar-refractivity contribution in [1.82, 2.24) is 5.32 Å². The van der Waals surface area contributed by atoms with Crippen LogP contribution in [0.25, 0.3) is 0 Å². The molecule has 6 nitrogen and oxygen atoms in total. The molecule has 0 aromatic heterocycles. The molecule has 0 radical (unpaired) electrons. The Bertz CT molecular complexity index is 1110. The molecule has 0 aromatic carbocycles. The summed E-state index contributed by atoms with van der Waals surface area (Å²) in [4.78, 5) is 26.2. The monoisotopic (exact) mass is 868 g/mol. The number of hydrogen-bond acceptors (Lipinski definition) is 5. The lowest BCUT2D eigenvalue weighted by molar-refractivity contribution is -0.151. The fraction of sp³-hybridized carbons (Fsp3) is 0.786. The zero-order valence-corrected chi connectivity index (χ0v) is 41.0. The van der Waals surface area contributed by atoms with Gasteiger partial charge in [-0.1, -0.05) is 236 Å². The molecule has 3 atom stereocenters. The highest BCUT2D eigenvalue weighted by molar-refractivity contribution is 5.77. The first kappa shape index (κ1) is 59.6. The molecule has 0 aromatic rings. The summed E-state index contributed by atoms with van der Waals surface area (Å²) in [6.07, 6.45) is 61.4. The van der Waals surface area contributed by atoms with Gasteiger partial charge in [-0.2, -0.15) is 0 Å². The van der Waals surface area contributed by atoms with Crippen molar-refractivity contribution in [2.45, 2.75) is 277 Å². The molecule has 3 unspecified atom stereocenters. The van der Waals surface area contributed by atoms with Gasteiger partial charge < -0.3 is 20.3 Å². The molecular weight excluding hydrogens is 767 g/mol. The number of amides is 1. The van der Waals surface area contributed by atoms with Crippen LogP contribution in [0.4, 0.5) is 0 Å². The van der Waals surface area contributed by atoms with Gasteiger partial charge in [0.1, 0.15) is 6.10 Å². The van der Waals surface area contributed by atoms with Crippen LogP contribution in [0.2, 0.25) is 0 Å². The van der Waals surface area contributed by atoms with Gasteiger partial charge in [0.2, 0.25) is 5.91 Å². The number of ether oxygens (including phenoxy) is 1. The number of esters is 1. The summed E-state index contributed by atoms with van der Waals surface area (Å²) in [6.45, 7) is 6.33. The highest BCUT2D eigenvalue weighted by Gasteiger charge is 2.24. The van der Waals surface area contributed by atoms with Crippen molar-refractivity contribution in [2.75, 3.05) is 6.61 Å². The summed E-state index contributed by atoms with van der Waals surface area (Å²) in [7, 11) is 0. The Morgan fingerprint density at radius 2 is 0.887 bits per heavy atom. The Balaban J connectivity index is 4.60. The summed E-state index contributed by atoms with van der Waals surface area (Å²) in [5.74, 6) is -0.515. The van der Waals surface area contributed by atoms with Crippen LogP contribution in [0.1, 0.15) is 258 Å². The van der Waals surface area contributed by atoms with Crippen LogP contribution in [0.15, 0.2) is 60.8 Å². The molecule has 0 saturated carbocycles. The number of aliphatic hydroxyl groups excluding tert-OH is 2. The highest BCUT2D eigenvalue weighted by Crippen LogP contribution is 2.18. The van der Waals surface area contributed by atoms with E-state index in [0.717, 1.165) is 70.6 Å². The maximum absolute atomic E-state index is 13.2. The van der Waals surface area contributed by atoms with E-state index in [2.05, 4.69) is 62.5 Å². The van der Waals surface area contributed by atoms with Crippen molar-refractivity contribution < 1.29 is 24.5 Å². The van der Waals surface area contributed by atoms with Crippen LogP contribution in [-0.2, 0) is 14.3 Å². The Morgan fingerprint density at radius 3 is 1.40 bits per heavy atom. The van der Waals surface area contributed by atoms with E-state index in [9.17, 15) is 19.8 Å². The third kappa shape index (κ3) is 44.2. The van der Waals surface area contributed by atoms with Crippen LogP contribution >= 0.6 is 0 Å². The van der Waals surface area contributed by atoms with E-state index in [4.69, 9.17) is 4.74 Å². The van der Waals surface area contributed by atoms with Crippen LogP contribution in [-0.4, -0.2) is 46.9 Å². The van der Waals surface area contributed by atoms with Crippen LogP contribution in [0.5, 0.6) is 0 Å². The zero-order valence-electron chi connectivity index (χ0n) is 41.0. The van der Waals surface area contributed by atoms with Crippen molar-refractivity contribution in [3.05, 3.63) is 60.8 Å². The average molecular weight is 868 g/mol. The molecule has 0 aliphatic carbocycles. The molecule has 360 valence electrons. The molecule has 0 heterocycles. The zero-order chi connectivity index (χ0) is 45.2. The largest absolute Gasteiger partial charge is 0.462 e. The smallest absolute Gasteiger partial charge is 0.306 e. The van der Waals surface area contributed by atoms with E-state index in [1.165, 1.54) is 141 Å². The molecule has 3 N–H and O–H groups in total. The molecular formula is C56H101NO5. The Kier molecular flexibility index (Phi) is 47.6. The first-order valence-electron chi connectivity index (χ1n) is 26.6. The SMILES string of the molecule is CC/C=C/C=C/C=C/C=C\CCCCCC(CC(=O)NC(CO)C(O)CCCCCCCCCCCCCCCCC)OC(=O)CCCCCCCCC/C=C\CCCCCC. The van der Waals surface area contributed by atoms with Crippen LogP contribution < -0.4 is 5.32 Å². The fourth-order valence-corrected chi connectivity index (χ4v) is 7.91. The quantitative estimate of drug-likeness (QED) is 0.0245. The molecule has 1 amide bonds. The third-order valence-electron chi connectivity index (χ3n) is 11.9. The number of rotatable bonds is 47. The molecule has 0 spiro atoms. The van der Waals surface area contributed by atoms with Gasteiger partial charge in [-0.15, -0.1) is 0 Å². The van der Waals surface area contributed by atoms with Gasteiger partial charge in [-0.3, -0.25) is 9.59 Å². The first-order valence-corrected chi connectivity index (χ1v) is 26.6. The number of carbonyl (C=O) groups excluding carboxylic acids is 2. The van der Waals surface area contributed by atoms with Crippen molar-refractivity contribution in [3.63, 3.8) is 0 Å². The lowest BCUT2D eigenvalue weighted by Crippen LogP contribution is -2.46. The molecule has 0 fully saturated rings. The van der Waals surface area contributed by atoms with E-state index in [1.54, 1.807) is 0 Å². The van der Waals surface area contributed by atoms with Crippen molar-refractivity contribution in [2.24, 2.45) is 0 Å². The molecule has 0 aliphatic heterocycles. The molecule has 0 bridgehead atoms. The van der Waals surface area contributed by atoms with Gasteiger partial charge in [-0.05, 0) is 70.6 Å². The molecule has 0 aliphatic rings. The normalized spacial score (nSPS) is 13.7. The third-order valence-corrected chi connectivity index (χ3v) is 11.9. The number of nitrogens with one attached hydrogen (secondary N) is 1. The van der Waals surface area contributed by atoms with Gasteiger partial charge in [0.05, 0.1) is 25.2 Å². The minimum absolute atomic E-state index is 0.0492. The van der Waals surface area contributed by atoms with Gasteiger partial charge in [0.25, 0.3) is 0 Å². The average Bonchev–Trinajstić information content (AvgIpc) is 3.26. The van der Waals surface area contributed by atoms with E-state index in [0.29, 0.717) is 19.3 Å². The maximum atomic E-state index is 13.2. The first-order chi connectivity index (χ1) is 30.5. The van der Waals surface area contributed by atoms with Crippen molar-refractivity contribution in [3.8, 4) is 0 Å². The van der Waals surface area contributed by atoms with Gasteiger partial charge in [-0.25, -0.2) is 0 Å². The number of aliphatic hydroxyl groups is 2. The van der Waals surface area contributed by atoms with Crippen LogP contribution in [0.3, 0.4) is 0 Å². The lowest BCUT2D eigenvalue weighted by atomic mass is 10.0. The Hall–Kier alpha value is -2.44. The molecule has 0 rings (SSSR count). The van der Waals surface area contributed by atoms with E-state index in [-0.39, 0.29) is 24.9 Å². The molecule has 6 heteroatoms. The topological polar surface area (TPSA) is 95.9 Å². The second-order valence-corrected chi connectivity index (χ2v) is 18.0. The van der Waals surface area contributed by atoms with E-state index < -0.39 is 18.2 Å². The van der Waals surface area contributed by atoms with Gasteiger partial charge >= 0.3 is 5.97 Å². The summed E-state index contributed by atoms with van der Waals surface area (Å²) in [6, 6.07) is -0.716. The standard InChI is InChI=1S/C56H101NO5/c1-4-7-10-13-16-19-22-25-27-30-33-36-39-42-45-48-54(59)53(51-58)57-55(60)50-52(47-44-41-38-35-32-29-24-21-18-15-12-9-6-3)62-56(61)49-46-43-40-37-34-31-28-26-23-20-17-14-11-8-5-2/h9,12,15,18,20-21,23-24,29,32,52-54,58-59H,4-8,10-11,13-14,16-17,19,22,25-28,30-31,33-51H2,1-3H3,(H,57,60)/b12-9+,18-15+,23-20-,24-21+,32-29-. The summed E-state index contributed by atoms with van der Waals surface area (Å²) in [5.41, 5.74) is 0. The number of allylic oxidation sites excluding steroid dienone is 10. The predicted octanol–water partition coefficient (Wildman–Crippen LogP) is 16.0. The second kappa shape index (κ2) is 49.6. The second-order valence-electron chi connectivity index (χ2n) is 18.0. The summed E-state index contributed by atoms with van der Waals surface area (Å²) >= 11 is 0. The molecule has 0 saturated heterocycles. The number of hydrogen-bond donors (Lipinski definition) is 3. The minimum Gasteiger partial charge on any atom is -0.462 e. The van der Waals surface area contributed by atoms with Crippen molar-refractivity contribution in [1.29, 1.82) is 0 Å². The van der Waals surface area contributed by atoms with E-state index >= 15 is 0 Å². The van der Waals surface area contributed by atoms with E-state index in [1.807, 2.05) is 24.3 Å². The van der Waals surface area contributed by atoms with Crippen LogP contribution in [0, 0.1) is 0 Å². The summed E-state index contributed by atoms with van der Waals surface area (Å²) < 4.78 is 5.92. The summed E-state index contributed by atoms with van der Waals surface area (Å²) in [5, 5.41) is 23.8. The van der Waals surface area contributed by atoms with Gasteiger partial charge in [0.15, 0.2) is 0 Å². The Morgan fingerprint density at radius 1 is 0.484 bits per heavy atom. The number of carbonyl (C=O) groups is 2. The van der Waals surface area contributed by atoms with Crippen molar-refractivity contribution >= 4 is 11.9 Å². The molecule has 62 heavy (non-hydrogen) atoms. The Labute approximate surface area is 384 Å². The fourth-order valence-electron chi connectivity index (χ4n) is 7.91.